The number of alkyl halides is 1. The van der Waals surface area contributed by atoms with Crippen molar-refractivity contribution < 1.29 is 0 Å². The van der Waals surface area contributed by atoms with Crippen molar-refractivity contribution in [3.63, 3.8) is 0 Å². The summed E-state index contributed by atoms with van der Waals surface area (Å²) >= 11 is 6.33. The Labute approximate surface area is 119 Å². The maximum absolute atomic E-state index is 6.33. The summed E-state index contributed by atoms with van der Waals surface area (Å²) in [5, 5.41) is 4.37. The lowest BCUT2D eigenvalue weighted by Crippen LogP contribution is -2.29. The van der Waals surface area contributed by atoms with Crippen LogP contribution in [0.25, 0.3) is 11.2 Å². The van der Waals surface area contributed by atoms with E-state index in [1.54, 1.807) is 0 Å². The molecule has 0 radical (unpaired) electrons. The Bertz CT molecular complexity index is 592. The van der Waals surface area contributed by atoms with Crippen LogP contribution < -0.4 is 0 Å². The molecule has 1 atom stereocenters. The van der Waals surface area contributed by atoms with Crippen molar-refractivity contribution in [3.05, 3.63) is 11.5 Å². The molecule has 2 heterocycles. The maximum Gasteiger partial charge on any atom is 0.159 e. The van der Waals surface area contributed by atoms with Gasteiger partial charge in [0.05, 0.1) is 11.1 Å². The number of halogens is 1. The van der Waals surface area contributed by atoms with Crippen LogP contribution >= 0.6 is 11.6 Å². The molecule has 4 nitrogen and oxygen atoms in total. The van der Waals surface area contributed by atoms with E-state index < -0.39 is 0 Å². The number of hydrogen-bond donors (Lipinski definition) is 0. The Morgan fingerprint density at radius 3 is 2.53 bits per heavy atom. The lowest BCUT2D eigenvalue weighted by molar-refractivity contribution is 0.319. The summed E-state index contributed by atoms with van der Waals surface area (Å²) < 4.78 is 4.18. The standard InChI is InChI=1S/C14H23ClN4/c1-7-8-14(4,5)19-12(9(2)15)16-11-10(3)17-18(6)13(11)19/h9H,7-8H2,1-6H3. The number of fused-ring (bicyclic) bond motifs is 1. The largest absolute Gasteiger partial charge is 0.306 e. The zero-order valence-electron chi connectivity index (χ0n) is 12.7. The molecule has 0 aliphatic rings. The van der Waals surface area contributed by atoms with E-state index in [1.165, 1.54) is 0 Å². The molecule has 0 aliphatic heterocycles. The Morgan fingerprint density at radius 1 is 1.37 bits per heavy atom. The predicted octanol–water partition coefficient (Wildman–Crippen LogP) is 3.91. The summed E-state index contributed by atoms with van der Waals surface area (Å²) in [5.41, 5.74) is 2.98. The van der Waals surface area contributed by atoms with Gasteiger partial charge < -0.3 is 4.57 Å². The van der Waals surface area contributed by atoms with E-state index >= 15 is 0 Å². The number of aryl methyl sites for hydroxylation is 2. The Balaban J connectivity index is 2.78. The first-order valence-electron chi connectivity index (χ1n) is 6.86. The van der Waals surface area contributed by atoms with Gasteiger partial charge in [0.15, 0.2) is 5.65 Å². The van der Waals surface area contributed by atoms with Crippen LogP contribution in [0, 0.1) is 6.92 Å². The van der Waals surface area contributed by atoms with Crippen LogP contribution in [0.2, 0.25) is 0 Å². The van der Waals surface area contributed by atoms with Gasteiger partial charge in [-0.05, 0) is 34.1 Å². The van der Waals surface area contributed by atoms with E-state index in [2.05, 4.69) is 30.4 Å². The first-order valence-corrected chi connectivity index (χ1v) is 7.29. The Kier molecular flexibility index (Phi) is 3.65. The van der Waals surface area contributed by atoms with Crippen LogP contribution in [0.5, 0.6) is 0 Å². The normalized spacial score (nSPS) is 14.3. The van der Waals surface area contributed by atoms with Gasteiger partial charge in [-0.25, -0.2) is 4.98 Å². The average molecular weight is 283 g/mol. The molecular weight excluding hydrogens is 260 g/mol. The van der Waals surface area contributed by atoms with Crippen LogP contribution in [0.4, 0.5) is 0 Å². The van der Waals surface area contributed by atoms with Crippen molar-refractivity contribution in [1.82, 2.24) is 19.3 Å². The lowest BCUT2D eigenvalue weighted by atomic mass is 9.98. The van der Waals surface area contributed by atoms with Gasteiger partial charge in [0.25, 0.3) is 0 Å². The van der Waals surface area contributed by atoms with Crippen molar-refractivity contribution in [2.45, 2.75) is 58.4 Å². The number of rotatable bonds is 4. The van der Waals surface area contributed by atoms with Crippen LogP contribution in [0.3, 0.4) is 0 Å². The fourth-order valence-corrected chi connectivity index (χ4v) is 3.02. The minimum Gasteiger partial charge on any atom is -0.306 e. The molecule has 0 N–H and O–H groups in total. The van der Waals surface area contributed by atoms with E-state index in [9.17, 15) is 0 Å². The van der Waals surface area contributed by atoms with E-state index in [1.807, 2.05) is 25.6 Å². The fourth-order valence-electron chi connectivity index (χ4n) is 2.88. The minimum atomic E-state index is -0.108. The molecule has 19 heavy (non-hydrogen) atoms. The summed E-state index contributed by atoms with van der Waals surface area (Å²) in [4.78, 5) is 4.73. The van der Waals surface area contributed by atoms with E-state index in [4.69, 9.17) is 16.6 Å². The third kappa shape index (κ3) is 2.27. The quantitative estimate of drug-likeness (QED) is 0.797. The lowest BCUT2D eigenvalue weighted by Gasteiger charge is -2.29. The molecule has 2 aromatic heterocycles. The second-order valence-electron chi connectivity index (χ2n) is 5.87. The highest BCUT2D eigenvalue weighted by Gasteiger charge is 2.29. The second kappa shape index (κ2) is 4.82. The van der Waals surface area contributed by atoms with Gasteiger partial charge in [0, 0.05) is 12.6 Å². The third-order valence-corrected chi connectivity index (χ3v) is 3.85. The van der Waals surface area contributed by atoms with E-state index in [0.29, 0.717) is 0 Å². The number of hydrogen-bond acceptors (Lipinski definition) is 2. The summed E-state index contributed by atoms with van der Waals surface area (Å²) in [6, 6.07) is 0. The highest BCUT2D eigenvalue weighted by atomic mass is 35.5. The van der Waals surface area contributed by atoms with Crippen LogP contribution in [-0.4, -0.2) is 19.3 Å². The topological polar surface area (TPSA) is 35.6 Å². The van der Waals surface area contributed by atoms with Gasteiger partial charge in [-0.1, -0.05) is 13.3 Å². The molecule has 0 fully saturated rings. The molecule has 1 unspecified atom stereocenters. The van der Waals surface area contributed by atoms with Crippen LogP contribution in [0.1, 0.15) is 57.4 Å². The third-order valence-electron chi connectivity index (χ3n) is 3.65. The SMILES string of the molecule is CCCC(C)(C)n1c(C(C)Cl)nc2c(C)nn(C)c21. The van der Waals surface area contributed by atoms with E-state index in [0.717, 1.165) is 35.5 Å². The molecule has 0 spiro atoms. The zero-order chi connectivity index (χ0) is 14.4. The molecule has 0 aliphatic carbocycles. The molecule has 5 heteroatoms. The molecule has 0 bridgehead atoms. The highest BCUT2D eigenvalue weighted by Crippen LogP contribution is 2.34. The Hall–Kier alpha value is -1.03. The van der Waals surface area contributed by atoms with Crippen molar-refractivity contribution in [3.8, 4) is 0 Å². The fraction of sp³-hybridized carbons (Fsp3) is 0.714. The van der Waals surface area contributed by atoms with Gasteiger partial charge in [0.2, 0.25) is 0 Å². The van der Waals surface area contributed by atoms with Crippen molar-refractivity contribution >= 4 is 22.8 Å². The van der Waals surface area contributed by atoms with Crippen molar-refractivity contribution in [2.24, 2.45) is 7.05 Å². The number of aromatic nitrogens is 4. The van der Waals surface area contributed by atoms with Gasteiger partial charge in [-0.15, -0.1) is 11.6 Å². The van der Waals surface area contributed by atoms with Gasteiger partial charge >= 0.3 is 0 Å². The second-order valence-corrected chi connectivity index (χ2v) is 6.52. The van der Waals surface area contributed by atoms with Gasteiger partial charge in [-0.3, -0.25) is 4.68 Å². The monoisotopic (exact) mass is 282 g/mol. The van der Waals surface area contributed by atoms with E-state index in [-0.39, 0.29) is 10.9 Å². The summed E-state index contributed by atoms with van der Waals surface area (Å²) in [6.07, 6.45) is 2.21. The van der Waals surface area contributed by atoms with Crippen LogP contribution in [0.15, 0.2) is 0 Å². The molecule has 0 saturated carbocycles. The number of nitrogens with zero attached hydrogens (tertiary/aromatic N) is 4. The van der Waals surface area contributed by atoms with Gasteiger partial charge in [-0.2, -0.15) is 5.10 Å². The van der Waals surface area contributed by atoms with Gasteiger partial charge in [0.1, 0.15) is 11.3 Å². The molecular formula is C14H23ClN4. The smallest absolute Gasteiger partial charge is 0.159 e. The first-order chi connectivity index (χ1) is 8.79. The summed E-state index contributed by atoms with van der Waals surface area (Å²) in [5.74, 6) is 0.936. The number of imidazole rings is 1. The molecule has 0 amide bonds. The summed E-state index contributed by atoms with van der Waals surface area (Å²) in [7, 11) is 1.97. The molecule has 0 aromatic carbocycles. The molecule has 106 valence electrons. The molecule has 0 saturated heterocycles. The predicted molar refractivity (Wildman–Crippen MR) is 79.7 cm³/mol. The molecule has 2 aromatic rings. The molecule has 2 rings (SSSR count). The summed E-state index contributed by atoms with van der Waals surface area (Å²) in [6.45, 7) is 10.7. The van der Waals surface area contributed by atoms with Crippen LogP contribution in [-0.2, 0) is 12.6 Å². The Morgan fingerprint density at radius 2 is 2.00 bits per heavy atom. The zero-order valence-corrected chi connectivity index (χ0v) is 13.4. The minimum absolute atomic E-state index is 0.0117. The average Bonchev–Trinajstić information content (AvgIpc) is 2.79. The van der Waals surface area contributed by atoms with Crippen molar-refractivity contribution in [1.29, 1.82) is 0 Å². The first kappa shape index (κ1) is 14.4. The highest BCUT2D eigenvalue weighted by molar-refractivity contribution is 6.20. The van der Waals surface area contributed by atoms with Crippen molar-refractivity contribution in [2.75, 3.05) is 0 Å². The maximum atomic E-state index is 6.33.